The minimum atomic E-state index is -4.16. The Bertz CT molecular complexity index is 1740. The van der Waals surface area contributed by atoms with Crippen molar-refractivity contribution in [1.29, 1.82) is 0 Å². The Morgan fingerprint density at radius 3 is 2.24 bits per heavy atom. The van der Waals surface area contributed by atoms with Crippen LogP contribution in [0.2, 0.25) is 0 Å². The first-order valence-corrected chi connectivity index (χ1v) is 13.5. The van der Waals surface area contributed by atoms with E-state index in [4.69, 9.17) is 0 Å². The number of aromatic nitrogens is 3. The predicted octanol–water partition coefficient (Wildman–Crippen LogP) is 4.84. The molecule has 1 N–H and O–H groups in total. The molecule has 37 heavy (non-hydrogen) atoms. The number of nitro groups is 1. The molecule has 0 aliphatic heterocycles. The van der Waals surface area contributed by atoms with Gasteiger partial charge in [-0.15, -0.1) is 0 Å². The number of non-ortho nitro benzene ring substituents is 1. The molecule has 3 aromatic heterocycles. The van der Waals surface area contributed by atoms with E-state index in [9.17, 15) is 23.1 Å². The van der Waals surface area contributed by atoms with E-state index >= 15 is 0 Å². The fourth-order valence-corrected chi connectivity index (χ4v) is 5.28. The van der Waals surface area contributed by atoms with Gasteiger partial charge in [0.25, 0.3) is 11.2 Å². The second-order valence-corrected chi connectivity index (χ2v) is 10.4. The van der Waals surface area contributed by atoms with Gasteiger partial charge in [0, 0.05) is 29.0 Å². The fourth-order valence-electron chi connectivity index (χ4n) is 4.70. The summed E-state index contributed by atoms with van der Waals surface area (Å²) in [6, 6.07) is 14.5. The lowest BCUT2D eigenvalue weighted by atomic mass is 10.1. The van der Waals surface area contributed by atoms with Crippen LogP contribution in [0.15, 0.2) is 54.7 Å². The number of H-pyrrole nitrogens is 1. The van der Waals surface area contributed by atoms with E-state index in [2.05, 4.69) is 30.0 Å². The quantitative estimate of drug-likeness (QED) is 0.153. The third-order valence-electron chi connectivity index (χ3n) is 6.19. The van der Waals surface area contributed by atoms with Crippen LogP contribution in [0, 0.1) is 24.0 Å². The Balaban J connectivity index is 0.000000209. The van der Waals surface area contributed by atoms with Gasteiger partial charge in [-0.25, -0.2) is 13.4 Å². The Morgan fingerprint density at radius 2 is 1.65 bits per heavy atom. The number of fused-ring (bicyclic) bond motifs is 5. The van der Waals surface area contributed by atoms with Gasteiger partial charge in [0.15, 0.2) is 0 Å². The van der Waals surface area contributed by atoms with E-state index in [1.54, 1.807) is 18.2 Å². The minimum Gasteiger partial charge on any atom is -0.748 e. The van der Waals surface area contributed by atoms with Crippen molar-refractivity contribution in [2.45, 2.75) is 46.3 Å². The van der Waals surface area contributed by atoms with E-state index in [0.717, 1.165) is 45.8 Å². The molecule has 3 heterocycles. The van der Waals surface area contributed by atoms with Crippen LogP contribution in [0.25, 0.3) is 27.3 Å². The number of nitro benzene ring substituents is 1. The SMILES string of the molecule is CCc1cc2c3nc4c([N+](=O)[O-])cccc4c3cc[n+]2[nH]c1CC.Cc1cc(C)cc(CS(=O)(=O)[O-])c1. The minimum absolute atomic E-state index is 0.0479. The van der Waals surface area contributed by atoms with E-state index in [0.29, 0.717) is 11.1 Å². The summed E-state index contributed by atoms with van der Waals surface area (Å²) < 4.78 is 33.3. The summed E-state index contributed by atoms with van der Waals surface area (Å²) in [6.07, 6.45) is 3.80. The van der Waals surface area contributed by atoms with Gasteiger partial charge in [-0.05, 0) is 37.8 Å². The average Bonchev–Trinajstić information content (AvgIpc) is 3.20. The molecule has 0 spiro atoms. The number of pyridine rings is 1. The van der Waals surface area contributed by atoms with Crippen molar-refractivity contribution in [3.8, 4) is 0 Å². The highest BCUT2D eigenvalue weighted by Gasteiger charge is 2.21. The lowest BCUT2D eigenvalue weighted by Gasteiger charge is -2.08. The lowest BCUT2D eigenvalue weighted by molar-refractivity contribution is -0.580. The van der Waals surface area contributed by atoms with Crippen LogP contribution in [-0.2, 0) is 28.7 Å². The molecule has 0 amide bonds. The van der Waals surface area contributed by atoms with E-state index in [1.807, 2.05) is 42.8 Å². The largest absolute Gasteiger partial charge is 0.748 e. The molecular weight excluding hydrogens is 492 g/mol. The first-order valence-electron chi connectivity index (χ1n) is 11.9. The van der Waals surface area contributed by atoms with Crippen molar-refractivity contribution in [3.63, 3.8) is 0 Å². The summed E-state index contributed by atoms with van der Waals surface area (Å²) in [5, 5.41) is 16.5. The summed E-state index contributed by atoms with van der Waals surface area (Å²) in [5.41, 5.74) is 7.16. The maximum Gasteiger partial charge on any atom is 0.295 e. The number of nitrogens with one attached hydrogen (secondary N) is 1. The van der Waals surface area contributed by atoms with Gasteiger partial charge in [0.2, 0.25) is 6.20 Å². The van der Waals surface area contributed by atoms with Gasteiger partial charge in [-0.2, -0.15) is 5.10 Å². The highest BCUT2D eigenvalue weighted by atomic mass is 32.2. The molecule has 0 saturated carbocycles. The number of benzene rings is 2. The average molecular weight is 521 g/mol. The third kappa shape index (κ3) is 5.60. The topological polar surface area (TPSA) is 133 Å². The Morgan fingerprint density at radius 1 is 0.973 bits per heavy atom. The van der Waals surface area contributed by atoms with Crippen molar-refractivity contribution in [2.24, 2.45) is 0 Å². The molecule has 192 valence electrons. The van der Waals surface area contributed by atoms with Crippen molar-refractivity contribution < 1.29 is 22.4 Å². The van der Waals surface area contributed by atoms with E-state index in [1.165, 1.54) is 17.3 Å². The van der Waals surface area contributed by atoms with Crippen molar-refractivity contribution in [2.75, 3.05) is 0 Å². The van der Waals surface area contributed by atoms with Gasteiger partial charge < -0.3 is 4.55 Å². The van der Waals surface area contributed by atoms with Crippen LogP contribution >= 0.6 is 0 Å². The van der Waals surface area contributed by atoms with Crippen molar-refractivity contribution in [1.82, 2.24) is 10.1 Å². The van der Waals surface area contributed by atoms with Gasteiger partial charge in [0.05, 0.1) is 26.5 Å². The summed E-state index contributed by atoms with van der Waals surface area (Å²) in [4.78, 5) is 15.5. The second kappa shape index (κ2) is 10.2. The first kappa shape index (κ1) is 26.2. The Kier molecular flexibility index (Phi) is 7.24. The van der Waals surface area contributed by atoms with Gasteiger partial charge >= 0.3 is 0 Å². The Hall–Kier alpha value is -3.89. The summed E-state index contributed by atoms with van der Waals surface area (Å²) >= 11 is 0. The number of hydrogen-bond acceptors (Lipinski definition) is 6. The molecule has 10 heteroatoms. The van der Waals surface area contributed by atoms with Gasteiger partial charge in [-0.1, -0.05) is 59.8 Å². The lowest BCUT2D eigenvalue weighted by Crippen LogP contribution is -2.28. The molecule has 2 aromatic carbocycles. The molecule has 0 aliphatic rings. The molecular formula is C27H28N4O5S. The molecule has 9 nitrogen and oxygen atoms in total. The number of aryl methyl sites for hydroxylation is 4. The van der Waals surface area contributed by atoms with Crippen LogP contribution in [0.5, 0.6) is 0 Å². The monoisotopic (exact) mass is 520 g/mol. The molecule has 0 atom stereocenters. The number of aromatic amines is 1. The zero-order valence-corrected chi connectivity index (χ0v) is 21.9. The maximum atomic E-state index is 11.3. The predicted molar refractivity (Wildman–Crippen MR) is 141 cm³/mol. The van der Waals surface area contributed by atoms with Crippen LogP contribution in [0.3, 0.4) is 0 Å². The molecule has 0 aliphatic carbocycles. The molecule has 0 saturated heterocycles. The van der Waals surface area contributed by atoms with Gasteiger partial charge in [0.1, 0.15) is 11.0 Å². The molecule has 0 fully saturated rings. The molecule has 0 bridgehead atoms. The number of para-hydroxylation sites is 1. The maximum absolute atomic E-state index is 11.3. The third-order valence-corrected chi connectivity index (χ3v) is 6.87. The van der Waals surface area contributed by atoms with E-state index in [-0.39, 0.29) is 10.6 Å². The Labute approximate surface area is 214 Å². The summed E-state index contributed by atoms with van der Waals surface area (Å²) in [5.74, 6) is -0.421. The summed E-state index contributed by atoms with van der Waals surface area (Å²) in [7, 11) is -4.16. The zero-order valence-electron chi connectivity index (χ0n) is 21.1. The van der Waals surface area contributed by atoms with Crippen LogP contribution in [-0.4, -0.2) is 28.0 Å². The highest BCUT2D eigenvalue weighted by molar-refractivity contribution is 7.84. The smallest absolute Gasteiger partial charge is 0.295 e. The standard InChI is InChI=1S/C18H16N4O2.C9H12O3S/c1-3-11-10-16-18-13(8-9-21(16)20-14(11)4-2)12-6-5-7-15(22(23)24)17(12)19-18;1-7-3-8(2)5-9(4-7)6-13(10,11)12/h5-10H,3-4H2,1-2H3;3-5H,6H2,1-2H3,(H,10,11,12). The zero-order chi connectivity index (χ0) is 26.9. The molecule has 5 rings (SSSR count). The number of hydrogen-bond donors (Lipinski definition) is 1. The van der Waals surface area contributed by atoms with Crippen LogP contribution in [0.4, 0.5) is 5.69 Å². The van der Waals surface area contributed by atoms with Crippen molar-refractivity contribution in [3.05, 3.63) is 92.8 Å². The molecule has 0 radical (unpaired) electrons. The van der Waals surface area contributed by atoms with E-state index < -0.39 is 15.9 Å². The van der Waals surface area contributed by atoms with Crippen LogP contribution in [0.1, 0.15) is 41.8 Å². The molecule has 5 aromatic rings. The summed E-state index contributed by atoms with van der Waals surface area (Å²) in [6.45, 7) is 7.98. The highest BCUT2D eigenvalue weighted by Crippen LogP contribution is 2.32. The first-order chi connectivity index (χ1) is 17.5. The fraction of sp³-hybridized carbons (Fsp3) is 0.259. The van der Waals surface area contributed by atoms with Crippen LogP contribution < -0.4 is 4.52 Å². The van der Waals surface area contributed by atoms with Crippen molar-refractivity contribution >= 4 is 43.1 Å². The normalized spacial score (nSPS) is 11.6. The number of rotatable bonds is 5. The van der Waals surface area contributed by atoms with Gasteiger partial charge in [-0.3, -0.25) is 10.1 Å². The second-order valence-electron chi connectivity index (χ2n) is 9.04. The number of nitrogens with zero attached hydrogens (tertiary/aromatic N) is 3. The molecule has 0 unspecified atom stereocenters.